The lowest BCUT2D eigenvalue weighted by atomic mass is 10.2. The number of amides is 1. The zero-order chi connectivity index (χ0) is 14.0. The van der Waals surface area contributed by atoms with Crippen molar-refractivity contribution in [3.8, 4) is 0 Å². The molecular weight excluding hydrogens is 262 g/mol. The van der Waals surface area contributed by atoms with Gasteiger partial charge in [0.2, 0.25) is 0 Å². The molecule has 2 N–H and O–H groups in total. The highest BCUT2D eigenvalue weighted by Gasteiger charge is 2.29. The van der Waals surface area contributed by atoms with E-state index in [1.807, 2.05) is 13.8 Å². The van der Waals surface area contributed by atoms with Gasteiger partial charge >= 0.3 is 5.97 Å². The maximum absolute atomic E-state index is 12.0. The molecule has 0 radical (unpaired) electrons. The molecule has 1 aliphatic rings. The average molecular weight is 279 g/mol. The Bertz CT molecular complexity index is 529. The van der Waals surface area contributed by atoms with Crippen LogP contribution >= 0.6 is 11.3 Å². The minimum atomic E-state index is -0.985. The molecule has 5 heteroatoms. The maximum Gasteiger partial charge on any atom is 0.328 e. The van der Waals surface area contributed by atoms with Gasteiger partial charge in [0, 0.05) is 17.0 Å². The van der Waals surface area contributed by atoms with Gasteiger partial charge in [-0.25, -0.2) is 4.79 Å². The Morgan fingerprint density at radius 2 is 2.21 bits per heavy atom. The van der Waals surface area contributed by atoms with Crippen molar-refractivity contribution >= 4 is 29.3 Å². The number of nitrogens with one attached hydrogen (secondary N) is 1. The number of rotatable bonds is 5. The molecule has 1 heterocycles. The van der Waals surface area contributed by atoms with E-state index in [1.165, 1.54) is 30.3 Å². The normalized spacial score (nSPS) is 16.5. The van der Waals surface area contributed by atoms with E-state index >= 15 is 0 Å². The van der Waals surface area contributed by atoms with Crippen molar-refractivity contribution in [3.63, 3.8) is 0 Å². The SMILES string of the molecule is Cc1cc(C(=O)NC(C)C2CC2)sc1C=CC(=O)O. The van der Waals surface area contributed by atoms with Gasteiger partial charge in [-0.2, -0.15) is 0 Å². The summed E-state index contributed by atoms with van der Waals surface area (Å²) in [6.07, 6.45) is 5.01. The molecule has 19 heavy (non-hydrogen) atoms. The van der Waals surface area contributed by atoms with Crippen LogP contribution in [0.25, 0.3) is 6.08 Å². The van der Waals surface area contributed by atoms with Gasteiger partial charge in [-0.15, -0.1) is 11.3 Å². The van der Waals surface area contributed by atoms with E-state index in [4.69, 9.17) is 5.11 Å². The van der Waals surface area contributed by atoms with Crippen LogP contribution in [0.4, 0.5) is 0 Å². The number of carbonyl (C=O) groups excluding carboxylic acids is 1. The van der Waals surface area contributed by atoms with Crippen LogP contribution in [0.2, 0.25) is 0 Å². The first-order chi connectivity index (χ1) is 8.97. The van der Waals surface area contributed by atoms with Crippen molar-refractivity contribution in [3.05, 3.63) is 27.5 Å². The molecule has 1 aromatic heterocycles. The second-order valence-electron chi connectivity index (χ2n) is 4.93. The molecule has 1 unspecified atom stereocenters. The number of aliphatic carboxylic acids is 1. The molecule has 0 bridgehead atoms. The van der Waals surface area contributed by atoms with Crippen LogP contribution in [-0.4, -0.2) is 23.0 Å². The van der Waals surface area contributed by atoms with E-state index in [-0.39, 0.29) is 11.9 Å². The van der Waals surface area contributed by atoms with E-state index in [2.05, 4.69) is 5.32 Å². The van der Waals surface area contributed by atoms with Crippen molar-refractivity contribution < 1.29 is 14.7 Å². The Morgan fingerprint density at radius 3 is 2.79 bits per heavy atom. The van der Waals surface area contributed by atoms with Gasteiger partial charge in [0.05, 0.1) is 4.88 Å². The fourth-order valence-corrected chi connectivity index (χ4v) is 2.89. The standard InChI is InChI=1S/C14H17NO3S/c1-8-7-12(19-11(8)5-6-13(16)17)14(18)15-9(2)10-3-4-10/h5-7,9-10H,3-4H2,1-2H3,(H,15,18)(H,16,17). The van der Waals surface area contributed by atoms with Gasteiger partial charge < -0.3 is 10.4 Å². The second kappa shape index (κ2) is 5.57. The zero-order valence-electron chi connectivity index (χ0n) is 11.0. The van der Waals surface area contributed by atoms with Crippen molar-refractivity contribution in [1.29, 1.82) is 0 Å². The molecule has 1 aliphatic carbocycles. The third-order valence-electron chi connectivity index (χ3n) is 3.25. The van der Waals surface area contributed by atoms with Gasteiger partial charge in [-0.05, 0) is 50.3 Å². The van der Waals surface area contributed by atoms with Crippen LogP contribution in [0.15, 0.2) is 12.1 Å². The number of carboxylic acid groups (broad SMARTS) is 1. The van der Waals surface area contributed by atoms with Gasteiger partial charge in [-0.1, -0.05) is 0 Å². The fraction of sp³-hybridized carbons (Fsp3) is 0.429. The third-order valence-corrected chi connectivity index (χ3v) is 4.45. The minimum absolute atomic E-state index is 0.0672. The monoisotopic (exact) mass is 279 g/mol. The molecule has 1 aromatic rings. The van der Waals surface area contributed by atoms with E-state index in [9.17, 15) is 9.59 Å². The Balaban J connectivity index is 2.05. The van der Waals surface area contributed by atoms with Crippen LogP contribution in [0.1, 0.15) is 39.9 Å². The summed E-state index contributed by atoms with van der Waals surface area (Å²) in [5, 5.41) is 11.6. The summed E-state index contributed by atoms with van der Waals surface area (Å²) in [4.78, 5) is 24.0. The first kappa shape index (κ1) is 13.8. The van der Waals surface area contributed by atoms with Crippen LogP contribution in [0, 0.1) is 12.8 Å². The van der Waals surface area contributed by atoms with Crippen LogP contribution < -0.4 is 5.32 Å². The molecule has 1 fully saturated rings. The minimum Gasteiger partial charge on any atom is -0.478 e. The number of hydrogen-bond acceptors (Lipinski definition) is 3. The fourth-order valence-electron chi connectivity index (χ4n) is 1.91. The zero-order valence-corrected chi connectivity index (χ0v) is 11.8. The highest BCUT2D eigenvalue weighted by molar-refractivity contribution is 7.15. The number of aryl methyl sites for hydroxylation is 1. The van der Waals surface area contributed by atoms with Gasteiger partial charge in [0.1, 0.15) is 0 Å². The van der Waals surface area contributed by atoms with E-state index in [1.54, 1.807) is 6.07 Å². The molecule has 0 saturated heterocycles. The predicted molar refractivity (Wildman–Crippen MR) is 75.4 cm³/mol. The van der Waals surface area contributed by atoms with E-state index in [0.29, 0.717) is 10.8 Å². The van der Waals surface area contributed by atoms with E-state index in [0.717, 1.165) is 16.5 Å². The molecule has 102 valence electrons. The van der Waals surface area contributed by atoms with Gasteiger partial charge in [-0.3, -0.25) is 4.79 Å². The lowest BCUT2D eigenvalue weighted by molar-refractivity contribution is -0.131. The van der Waals surface area contributed by atoms with Crippen LogP contribution in [0.5, 0.6) is 0 Å². The highest BCUT2D eigenvalue weighted by atomic mass is 32.1. The Kier molecular flexibility index (Phi) is 4.04. The maximum atomic E-state index is 12.0. The summed E-state index contributed by atoms with van der Waals surface area (Å²) in [6, 6.07) is 2.02. The van der Waals surface area contributed by atoms with Crippen molar-refractivity contribution in [2.75, 3.05) is 0 Å². The van der Waals surface area contributed by atoms with Crippen LogP contribution in [0.3, 0.4) is 0 Å². The smallest absolute Gasteiger partial charge is 0.328 e. The molecule has 1 saturated carbocycles. The summed E-state index contributed by atoms with van der Waals surface area (Å²) in [6.45, 7) is 3.90. The van der Waals surface area contributed by atoms with E-state index < -0.39 is 5.97 Å². The van der Waals surface area contributed by atoms with Gasteiger partial charge in [0.25, 0.3) is 5.91 Å². The molecule has 0 aliphatic heterocycles. The van der Waals surface area contributed by atoms with Crippen molar-refractivity contribution in [2.45, 2.75) is 32.7 Å². The topological polar surface area (TPSA) is 66.4 Å². The molecular formula is C14H17NO3S. The Hall–Kier alpha value is -1.62. The van der Waals surface area contributed by atoms with Crippen LogP contribution in [-0.2, 0) is 4.79 Å². The first-order valence-corrected chi connectivity index (χ1v) is 7.11. The first-order valence-electron chi connectivity index (χ1n) is 6.29. The lowest BCUT2D eigenvalue weighted by Gasteiger charge is -2.11. The Labute approximate surface area is 116 Å². The van der Waals surface area contributed by atoms with Crippen molar-refractivity contribution in [2.24, 2.45) is 5.92 Å². The summed E-state index contributed by atoms with van der Waals surface area (Å²) in [5.41, 5.74) is 0.923. The quantitative estimate of drug-likeness (QED) is 0.814. The summed E-state index contributed by atoms with van der Waals surface area (Å²) >= 11 is 1.32. The second-order valence-corrected chi connectivity index (χ2v) is 6.01. The third kappa shape index (κ3) is 3.67. The summed E-state index contributed by atoms with van der Waals surface area (Å²) < 4.78 is 0. The summed E-state index contributed by atoms with van der Waals surface area (Å²) in [5.74, 6) is -0.431. The number of carboxylic acids is 1. The molecule has 2 rings (SSSR count). The lowest BCUT2D eigenvalue weighted by Crippen LogP contribution is -2.33. The number of carbonyl (C=O) groups is 2. The number of thiophene rings is 1. The highest BCUT2D eigenvalue weighted by Crippen LogP contribution is 2.32. The van der Waals surface area contributed by atoms with Gasteiger partial charge in [0.15, 0.2) is 0 Å². The predicted octanol–water partition coefficient (Wildman–Crippen LogP) is 2.68. The van der Waals surface area contributed by atoms with Crippen molar-refractivity contribution in [1.82, 2.24) is 5.32 Å². The largest absolute Gasteiger partial charge is 0.478 e. The molecule has 1 atom stereocenters. The molecule has 0 spiro atoms. The molecule has 1 amide bonds. The Morgan fingerprint density at radius 1 is 1.53 bits per heavy atom. The number of hydrogen-bond donors (Lipinski definition) is 2. The molecule has 0 aromatic carbocycles. The molecule has 4 nitrogen and oxygen atoms in total. The average Bonchev–Trinajstić information content (AvgIpc) is 3.11. The summed E-state index contributed by atoms with van der Waals surface area (Å²) in [7, 11) is 0.